The number of aliphatic hydroxyl groups excluding tert-OH is 1. The summed E-state index contributed by atoms with van der Waals surface area (Å²) in [5, 5.41) is 9.58. The van der Waals surface area contributed by atoms with Gasteiger partial charge in [0, 0.05) is 6.42 Å². The molecule has 82 valence electrons. The fourth-order valence-corrected chi connectivity index (χ4v) is 2.83. The first kappa shape index (κ1) is 10.4. The molecule has 0 aliphatic carbocycles. The van der Waals surface area contributed by atoms with Crippen LogP contribution in [0.3, 0.4) is 0 Å². The van der Waals surface area contributed by atoms with Crippen molar-refractivity contribution in [2.45, 2.75) is 12.5 Å². The van der Waals surface area contributed by atoms with E-state index in [4.69, 9.17) is 0 Å². The summed E-state index contributed by atoms with van der Waals surface area (Å²) in [7, 11) is -3.30. The molecule has 0 saturated heterocycles. The van der Waals surface area contributed by atoms with Crippen molar-refractivity contribution in [2.75, 3.05) is 17.1 Å². The van der Waals surface area contributed by atoms with E-state index in [1.165, 1.54) is 4.31 Å². The van der Waals surface area contributed by atoms with Crippen LogP contribution < -0.4 is 4.31 Å². The molecule has 1 atom stereocenters. The number of hydrogen-bond donors (Lipinski definition) is 1. The van der Waals surface area contributed by atoms with Crippen molar-refractivity contribution in [2.24, 2.45) is 0 Å². The number of β-amino-alcohol motifs (C(OH)–C–C–N with tert-alkyl or cyclic N) is 1. The van der Waals surface area contributed by atoms with Gasteiger partial charge in [0.25, 0.3) is 0 Å². The molecule has 1 heterocycles. The molecule has 0 saturated carbocycles. The lowest BCUT2D eigenvalue weighted by molar-refractivity contribution is 0.180. The van der Waals surface area contributed by atoms with Crippen LogP contribution in [0.4, 0.5) is 5.69 Å². The van der Waals surface area contributed by atoms with E-state index >= 15 is 0 Å². The standard InChI is InChI=1S/C10H13NO3S/c1-15(13,14)11-7-9(12)6-8-4-2-3-5-10(8)11/h2-5,9,12H,6-7H2,1H3/t9-/m1/s1. The lowest BCUT2D eigenvalue weighted by Gasteiger charge is -2.31. The van der Waals surface area contributed by atoms with Crippen molar-refractivity contribution in [1.82, 2.24) is 0 Å². The van der Waals surface area contributed by atoms with Gasteiger partial charge in [-0.1, -0.05) is 18.2 Å². The Balaban J connectivity index is 2.52. The third kappa shape index (κ3) is 1.98. The molecule has 0 bridgehead atoms. The third-order valence-corrected chi connectivity index (χ3v) is 3.64. The van der Waals surface area contributed by atoms with E-state index < -0.39 is 16.1 Å². The molecule has 0 fully saturated rings. The number of anilines is 1. The number of rotatable bonds is 1. The second kappa shape index (κ2) is 3.50. The summed E-state index contributed by atoms with van der Waals surface area (Å²) in [6.07, 6.45) is 1.05. The van der Waals surface area contributed by atoms with E-state index in [-0.39, 0.29) is 6.54 Å². The molecule has 0 spiro atoms. The van der Waals surface area contributed by atoms with E-state index in [0.29, 0.717) is 12.1 Å². The van der Waals surface area contributed by atoms with Crippen molar-refractivity contribution in [3.63, 3.8) is 0 Å². The normalized spacial score (nSPS) is 21.2. The Morgan fingerprint density at radius 2 is 2.07 bits per heavy atom. The minimum atomic E-state index is -3.30. The fraction of sp³-hybridized carbons (Fsp3) is 0.400. The Labute approximate surface area is 89.2 Å². The topological polar surface area (TPSA) is 57.6 Å². The number of sulfonamides is 1. The van der Waals surface area contributed by atoms with Gasteiger partial charge in [-0.25, -0.2) is 8.42 Å². The highest BCUT2D eigenvalue weighted by Gasteiger charge is 2.28. The average Bonchev–Trinajstić information content (AvgIpc) is 2.15. The number of benzene rings is 1. The zero-order chi connectivity index (χ0) is 11.1. The first-order valence-electron chi connectivity index (χ1n) is 4.72. The van der Waals surface area contributed by atoms with Crippen molar-refractivity contribution in [3.05, 3.63) is 29.8 Å². The molecule has 0 amide bonds. The lowest BCUT2D eigenvalue weighted by atomic mass is 10.0. The smallest absolute Gasteiger partial charge is 0.232 e. The van der Waals surface area contributed by atoms with Crippen LogP contribution in [0.15, 0.2) is 24.3 Å². The molecule has 15 heavy (non-hydrogen) atoms. The SMILES string of the molecule is CS(=O)(=O)N1C[C@H](O)Cc2ccccc21. The summed E-state index contributed by atoms with van der Waals surface area (Å²) in [6, 6.07) is 7.25. The molecule has 1 aliphatic heterocycles. The Kier molecular flexibility index (Phi) is 2.44. The summed E-state index contributed by atoms with van der Waals surface area (Å²) < 4.78 is 24.3. The molecule has 5 heteroatoms. The number of para-hydroxylation sites is 1. The van der Waals surface area contributed by atoms with Gasteiger partial charge in [0.05, 0.1) is 24.6 Å². The maximum Gasteiger partial charge on any atom is 0.232 e. The monoisotopic (exact) mass is 227 g/mol. The molecule has 4 nitrogen and oxygen atoms in total. The maximum absolute atomic E-state index is 11.5. The highest BCUT2D eigenvalue weighted by Crippen LogP contribution is 2.28. The number of hydrogen-bond acceptors (Lipinski definition) is 3. The molecule has 0 radical (unpaired) electrons. The average molecular weight is 227 g/mol. The van der Waals surface area contributed by atoms with E-state index in [9.17, 15) is 13.5 Å². The zero-order valence-electron chi connectivity index (χ0n) is 8.42. The van der Waals surface area contributed by atoms with E-state index in [2.05, 4.69) is 0 Å². The molecule has 1 aromatic rings. The Hall–Kier alpha value is -1.07. The maximum atomic E-state index is 11.5. The van der Waals surface area contributed by atoms with E-state index in [0.717, 1.165) is 11.8 Å². The number of aliphatic hydroxyl groups is 1. The zero-order valence-corrected chi connectivity index (χ0v) is 9.24. The van der Waals surface area contributed by atoms with Crippen LogP contribution in [0.1, 0.15) is 5.56 Å². The van der Waals surface area contributed by atoms with E-state index in [1.807, 2.05) is 12.1 Å². The van der Waals surface area contributed by atoms with Crippen LogP contribution in [-0.2, 0) is 16.4 Å². The molecule has 1 N–H and O–H groups in total. The Bertz CT molecular complexity index is 469. The summed E-state index contributed by atoms with van der Waals surface area (Å²) in [5.41, 5.74) is 1.56. The predicted octanol–water partition coefficient (Wildman–Crippen LogP) is 0.370. The second-order valence-corrected chi connectivity index (χ2v) is 5.69. The summed E-state index contributed by atoms with van der Waals surface area (Å²) in [4.78, 5) is 0. The summed E-state index contributed by atoms with van der Waals surface area (Å²) in [6.45, 7) is 0.149. The van der Waals surface area contributed by atoms with Gasteiger partial charge in [-0.2, -0.15) is 0 Å². The summed E-state index contributed by atoms with van der Waals surface area (Å²) in [5.74, 6) is 0. The minimum Gasteiger partial charge on any atom is -0.391 e. The van der Waals surface area contributed by atoms with Crippen molar-refractivity contribution in [1.29, 1.82) is 0 Å². The quantitative estimate of drug-likeness (QED) is 0.754. The van der Waals surface area contributed by atoms with Crippen LogP contribution in [0, 0.1) is 0 Å². The van der Waals surface area contributed by atoms with Gasteiger partial charge in [-0.3, -0.25) is 4.31 Å². The Morgan fingerprint density at radius 3 is 2.73 bits per heavy atom. The van der Waals surface area contributed by atoms with Crippen LogP contribution in [0.5, 0.6) is 0 Å². The number of nitrogens with zero attached hydrogens (tertiary/aromatic N) is 1. The van der Waals surface area contributed by atoms with Gasteiger partial charge in [-0.15, -0.1) is 0 Å². The summed E-state index contributed by atoms with van der Waals surface area (Å²) >= 11 is 0. The fourth-order valence-electron chi connectivity index (χ4n) is 1.85. The number of fused-ring (bicyclic) bond motifs is 1. The first-order chi connectivity index (χ1) is 6.98. The van der Waals surface area contributed by atoms with Crippen molar-refractivity contribution in [3.8, 4) is 0 Å². The van der Waals surface area contributed by atoms with Crippen LogP contribution >= 0.6 is 0 Å². The van der Waals surface area contributed by atoms with Gasteiger partial charge in [-0.05, 0) is 11.6 Å². The van der Waals surface area contributed by atoms with Crippen LogP contribution in [0.2, 0.25) is 0 Å². The van der Waals surface area contributed by atoms with Crippen molar-refractivity contribution < 1.29 is 13.5 Å². The van der Waals surface area contributed by atoms with Gasteiger partial charge in [0.15, 0.2) is 0 Å². The van der Waals surface area contributed by atoms with Gasteiger partial charge >= 0.3 is 0 Å². The highest BCUT2D eigenvalue weighted by molar-refractivity contribution is 7.92. The highest BCUT2D eigenvalue weighted by atomic mass is 32.2. The van der Waals surface area contributed by atoms with Crippen LogP contribution in [0.25, 0.3) is 0 Å². The van der Waals surface area contributed by atoms with Crippen molar-refractivity contribution >= 4 is 15.7 Å². The Morgan fingerprint density at radius 1 is 1.40 bits per heavy atom. The minimum absolute atomic E-state index is 0.149. The second-order valence-electron chi connectivity index (χ2n) is 3.78. The molecule has 0 unspecified atom stereocenters. The molecule has 2 rings (SSSR count). The van der Waals surface area contributed by atoms with E-state index in [1.54, 1.807) is 12.1 Å². The lowest BCUT2D eigenvalue weighted by Crippen LogP contribution is -2.41. The van der Waals surface area contributed by atoms with Gasteiger partial charge in [0.1, 0.15) is 0 Å². The van der Waals surface area contributed by atoms with Gasteiger partial charge < -0.3 is 5.11 Å². The first-order valence-corrected chi connectivity index (χ1v) is 6.57. The molecular formula is C10H13NO3S. The predicted molar refractivity (Wildman–Crippen MR) is 58.3 cm³/mol. The molecule has 0 aromatic heterocycles. The molecule has 1 aliphatic rings. The van der Waals surface area contributed by atoms with Gasteiger partial charge in [0.2, 0.25) is 10.0 Å². The third-order valence-electron chi connectivity index (χ3n) is 2.49. The molecular weight excluding hydrogens is 214 g/mol. The largest absolute Gasteiger partial charge is 0.391 e. The van der Waals surface area contributed by atoms with Crippen LogP contribution in [-0.4, -0.2) is 32.4 Å². The molecule has 1 aromatic carbocycles.